The maximum atomic E-state index is 12.2. The van der Waals surface area contributed by atoms with Gasteiger partial charge in [0.2, 0.25) is 0 Å². The monoisotopic (exact) mass is 287 g/mol. The number of H-pyrrole nitrogens is 1. The van der Waals surface area contributed by atoms with Gasteiger partial charge in [0.25, 0.3) is 11.5 Å². The molecular formula is C16H21N3O2. The number of nitrogens with two attached hydrogens (primary N) is 1. The van der Waals surface area contributed by atoms with Crippen LogP contribution in [0.15, 0.2) is 35.1 Å². The molecule has 112 valence electrons. The fourth-order valence-corrected chi connectivity index (χ4v) is 2.18. The molecule has 0 radical (unpaired) electrons. The second-order valence-electron chi connectivity index (χ2n) is 5.35. The molecule has 1 aromatic carbocycles. The van der Waals surface area contributed by atoms with E-state index in [0.717, 1.165) is 18.2 Å². The third-order valence-electron chi connectivity index (χ3n) is 4.01. The summed E-state index contributed by atoms with van der Waals surface area (Å²) in [6.45, 7) is 4.37. The molecule has 2 aromatic rings. The van der Waals surface area contributed by atoms with Gasteiger partial charge >= 0.3 is 0 Å². The lowest BCUT2D eigenvalue weighted by Gasteiger charge is -2.26. The number of aromatic amines is 1. The molecule has 0 aliphatic rings. The predicted molar refractivity (Wildman–Crippen MR) is 84.4 cm³/mol. The van der Waals surface area contributed by atoms with Crippen LogP contribution in [0.5, 0.6) is 0 Å². The first-order valence-corrected chi connectivity index (χ1v) is 7.18. The van der Waals surface area contributed by atoms with Crippen LogP contribution in [0.3, 0.4) is 0 Å². The number of pyridine rings is 1. The lowest BCUT2D eigenvalue weighted by Crippen LogP contribution is -2.49. The van der Waals surface area contributed by atoms with Crippen LogP contribution < -0.4 is 16.6 Å². The van der Waals surface area contributed by atoms with Crippen LogP contribution in [-0.2, 0) is 0 Å². The van der Waals surface area contributed by atoms with Crippen molar-refractivity contribution in [3.63, 3.8) is 0 Å². The Morgan fingerprint density at radius 3 is 2.62 bits per heavy atom. The predicted octanol–water partition coefficient (Wildman–Crippen LogP) is 1.78. The number of carbonyl (C=O) groups excluding carboxylic acids is 1. The highest BCUT2D eigenvalue weighted by Crippen LogP contribution is 2.11. The summed E-state index contributed by atoms with van der Waals surface area (Å²) in [7, 11) is 0. The number of aromatic nitrogens is 1. The van der Waals surface area contributed by atoms with Crippen molar-refractivity contribution >= 4 is 16.7 Å². The quantitative estimate of drug-likeness (QED) is 0.783. The third-order valence-corrected chi connectivity index (χ3v) is 4.01. The highest BCUT2D eigenvalue weighted by atomic mass is 16.2. The van der Waals surface area contributed by atoms with Gasteiger partial charge in [-0.05, 0) is 30.4 Å². The molecule has 1 aromatic heterocycles. The van der Waals surface area contributed by atoms with Crippen LogP contribution in [0, 0.1) is 0 Å². The molecule has 21 heavy (non-hydrogen) atoms. The van der Waals surface area contributed by atoms with E-state index in [0.29, 0.717) is 11.9 Å². The molecule has 0 unspecified atom stereocenters. The normalized spacial score (nSPS) is 11.6. The Balaban J connectivity index is 2.22. The van der Waals surface area contributed by atoms with E-state index in [1.165, 1.54) is 0 Å². The number of hydrogen-bond donors (Lipinski definition) is 3. The van der Waals surface area contributed by atoms with Crippen molar-refractivity contribution in [3.8, 4) is 0 Å². The summed E-state index contributed by atoms with van der Waals surface area (Å²) >= 11 is 0. The first-order valence-electron chi connectivity index (χ1n) is 7.18. The smallest absolute Gasteiger partial charge is 0.267 e. The fourth-order valence-electron chi connectivity index (χ4n) is 2.18. The zero-order valence-corrected chi connectivity index (χ0v) is 12.4. The van der Waals surface area contributed by atoms with Crippen molar-refractivity contribution in [1.82, 2.24) is 10.3 Å². The zero-order chi connectivity index (χ0) is 15.5. The van der Waals surface area contributed by atoms with Gasteiger partial charge in [-0.2, -0.15) is 0 Å². The molecule has 0 fully saturated rings. The van der Waals surface area contributed by atoms with E-state index in [-0.39, 0.29) is 17.2 Å². The molecule has 0 atom stereocenters. The first kappa shape index (κ1) is 15.3. The van der Waals surface area contributed by atoms with Crippen molar-refractivity contribution in [2.24, 2.45) is 5.73 Å². The van der Waals surface area contributed by atoms with Crippen LogP contribution in [0.4, 0.5) is 0 Å². The van der Waals surface area contributed by atoms with Gasteiger partial charge in [-0.15, -0.1) is 0 Å². The molecule has 1 amide bonds. The van der Waals surface area contributed by atoms with Crippen LogP contribution in [-0.4, -0.2) is 23.0 Å². The molecule has 5 nitrogen and oxygen atoms in total. The highest BCUT2D eigenvalue weighted by molar-refractivity contribution is 5.96. The molecule has 0 aliphatic heterocycles. The Bertz CT molecular complexity index is 702. The van der Waals surface area contributed by atoms with Crippen molar-refractivity contribution in [3.05, 3.63) is 46.4 Å². The van der Waals surface area contributed by atoms with Gasteiger partial charge in [0.15, 0.2) is 0 Å². The maximum Gasteiger partial charge on any atom is 0.267 e. The van der Waals surface area contributed by atoms with Crippen molar-refractivity contribution in [2.45, 2.75) is 32.2 Å². The second-order valence-corrected chi connectivity index (χ2v) is 5.35. The van der Waals surface area contributed by atoms with E-state index in [9.17, 15) is 9.59 Å². The summed E-state index contributed by atoms with van der Waals surface area (Å²) in [5, 5.41) is 4.12. The number of fused-ring (bicyclic) bond motifs is 1. The maximum absolute atomic E-state index is 12.2. The van der Waals surface area contributed by atoms with Gasteiger partial charge in [-0.25, -0.2) is 0 Å². The lowest BCUT2D eigenvalue weighted by atomic mass is 9.94. The summed E-state index contributed by atoms with van der Waals surface area (Å²) in [6.07, 6.45) is 1.55. The van der Waals surface area contributed by atoms with Crippen molar-refractivity contribution in [1.29, 1.82) is 0 Å². The van der Waals surface area contributed by atoms with Crippen LogP contribution in [0.2, 0.25) is 0 Å². The zero-order valence-electron chi connectivity index (χ0n) is 12.4. The number of nitrogens with one attached hydrogen (secondary N) is 2. The van der Waals surface area contributed by atoms with E-state index in [1.807, 2.05) is 26.0 Å². The standard InChI is InChI=1S/C16H21N3O2/c1-3-16(17,4-2)10-18-15(21)13-9-11-7-5-6-8-12(11)14(20)19-13/h5-9H,3-4,10,17H2,1-2H3,(H,18,21)(H,19,20). The number of carbonyl (C=O) groups is 1. The SMILES string of the molecule is CCC(N)(CC)CNC(=O)c1cc2ccccc2c(=O)[nH]1. The number of rotatable bonds is 5. The molecule has 0 bridgehead atoms. The first-order chi connectivity index (χ1) is 9.99. The molecule has 0 saturated carbocycles. The van der Waals surface area contributed by atoms with E-state index in [1.54, 1.807) is 18.2 Å². The van der Waals surface area contributed by atoms with Gasteiger partial charge in [-0.3, -0.25) is 9.59 Å². The molecule has 0 spiro atoms. The van der Waals surface area contributed by atoms with Crippen LogP contribution >= 0.6 is 0 Å². The van der Waals surface area contributed by atoms with E-state index in [4.69, 9.17) is 5.73 Å². The minimum absolute atomic E-state index is 0.258. The fraction of sp³-hybridized carbons (Fsp3) is 0.375. The van der Waals surface area contributed by atoms with E-state index >= 15 is 0 Å². The summed E-state index contributed by atoms with van der Waals surface area (Å²) in [5.41, 5.74) is 5.74. The highest BCUT2D eigenvalue weighted by Gasteiger charge is 2.21. The largest absolute Gasteiger partial charge is 0.349 e. The van der Waals surface area contributed by atoms with Gasteiger partial charge < -0.3 is 16.0 Å². The van der Waals surface area contributed by atoms with Gasteiger partial charge in [0.05, 0.1) is 0 Å². The molecule has 1 heterocycles. The Morgan fingerprint density at radius 1 is 1.29 bits per heavy atom. The average Bonchev–Trinajstić information content (AvgIpc) is 2.52. The van der Waals surface area contributed by atoms with Crippen LogP contribution in [0.1, 0.15) is 37.2 Å². The summed E-state index contributed by atoms with van der Waals surface area (Å²) in [4.78, 5) is 26.8. The minimum Gasteiger partial charge on any atom is -0.349 e. The molecule has 2 rings (SSSR count). The van der Waals surface area contributed by atoms with Gasteiger partial charge in [-0.1, -0.05) is 32.0 Å². The molecule has 4 N–H and O–H groups in total. The Morgan fingerprint density at radius 2 is 1.95 bits per heavy atom. The van der Waals surface area contributed by atoms with Crippen LogP contribution in [0.25, 0.3) is 10.8 Å². The lowest BCUT2D eigenvalue weighted by molar-refractivity contribution is 0.0937. The van der Waals surface area contributed by atoms with Gasteiger partial charge in [0, 0.05) is 17.5 Å². The van der Waals surface area contributed by atoms with E-state index in [2.05, 4.69) is 10.3 Å². The Hall–Kier alpha value is -2.14. The minimum atomic E-state index is -0.410. The van der Waals surface area contributed by atoms with E-state index < -0.39 is 5.54 Å². The molecule has 0 saturated heterocycles. The third kappa shape index (κ3) is 3.31. The Kier molecular flexibility index (Phi) is 4.43. The second kappa shape index (κ2) is 6.10. The molecule has 5 heteroatoms. The summed E-state index contributed by atoms with van der Waals surface area (Å²) < 4.78 is 0. The average molecular weight is 287 g/mol. The number of amides is 1. The number of hydrogen-bond acceptors (Lipinski definition) is 3. The van der Waals surface area contributed by atoms with Crippen molar-refractivity contribution in [2.75, 3.05) is 6.54 Å². The number of benzene rings is 1. The molecular weight excluding hydrogens is 266 g/mol. The summed E-state index contributed by atoms with van der Waals surface area (Å²) in [6, 6.07) is 8.86. The Labute approximate surface area is 123 Å². The topological polar surface area (TPSA) is 88.0 Å². The van der Waals surface area contributed by atoms with Gasteiger partial charge in [0.1, 0.15) is 5.69 Å². The molecule has 0 aliphatic carbocycles. The van der Waals surface area contributed by atoms with Crippen molar-refractivity contribution < 1.29 is 4.79 Å². The summed E-state index contributed by atoms with van der Waals surface area (Å²) in [5.74, 6) is -0.311.